The van der Waals surface area contributed by atoms with Crippen LogP contribution in [0, 0.1) is 5.92 Å². The summed E-state index contributed by atoms with van der Waals surface area (Å²) in [5, 5.41) is 0. The monoisotopic (exact) mass is 388 g/mol. The Bertz CT molecular complexity index is 663. The van der Waals surface area contributed by atoms with E-state index in [1.165, 1.54) is 0 Å². The summed E-state index contributed by atoms with van der Waals surface area (Å²) in [4.78, 5) is 29.0. The molecule has 154 valence electrons. The van der Waals surface area contributed by atoms with Crippen LogP contribution in [0.15, 0.2) is 30.3 Å². The van der Waals surface area contributed by atoms with Crippen LogP contribution in [-0.4, -0.2) is 59.7 Å². The van der Waals surface area contributed by atoms with Gasteiger partial charge in [-0.15, -0.1) is 0 Å². The van der Waals surface area contributed by atoms with Crippen LogP contribution in [0.4, 0.5) is 4.79 Å². The molecule has 0 spiro atoms. The van der Waals surface area contributed by atoms with Crippen LogP contribution >= 0.6 is 0 Å². The van der Waals surface area contributed by atoms with E-state index in [1.807, 2.05) is 56.0 Å². The molecule has 3 rings (SSSR count). The van der Waals surface area contributed by atoms with Crippen molar-refractivity contribution in [3.8, 4) is 5.75 Å². The number of rotatable bonds is 4. The summed E-state index contributed by atoms with van der Waals surface area (Å²) in [5.74, 6) is 1.40. The third-order valence-electron chi connectivity index (χ3n) is 5.32. The molecule has 2 fully saturated rings. The van der Waals surface area contributed by atoms with E-state index >= 15 is 0 Å². The van der Waals surface area contributed by atoms with Gasteiger partial charge in [-0.05, 0) is 64.5 Å². The third kappa shape index (κ3) is 5.40. The average Bonchev–Trinajstić information content (AvgIpc) is 3.16. The molecule has 2 saturated heterocycles. The lowest BCUT2D eigenvalue weighted by molar-refractivity contribution is -0.137. The first kappa shape index (κ1) is 20.5. The van der Waals surface area contributed by atoms with Crippen LogP contribution < -0.4 is 4.74 Å². The predicted octanol–water partition coefficient (Wildman–Crippen LogP) is 3.70. The van der Waals surface area contributed by atoms with Crippen molar-refractivity contribution in [1.82, 2.24) is 9.80 Å². The minimum atomic E-state index is -0.551. The quantitative estimate of drug-likeness (QED) is 0.789. The van der Waals surface area contributed by atoms with Gasteiger partial charge in [-0.2, -0.15) is 0 Å². The summed E-state index contributed by atoms with van der Waals surface area (Å²) in [6, 6.07) is 9.45. The average molecular weight is 389 g/mol. The van der Waals surface area contributed by atoms with Crippen LogP contribution in [0.25, 0.3) is 0 Å². The number of para-hydroxylation sites is 1. The lowest BCUT2D eigenvalue weighted by Crippen LogP contribution is -2.51. The zero-order valence-electron chi connectivity index (χ0n) is 17.2. The normalized spacial score (nSPS) is 20.9. The van der Waals surface area contributed by atoms with Crippen molar-refractivity contribution in [3.05, 3.63) is 30.3 Å². The minimum absolute atomic E-state index is 0.0609. The molecule has 0 aliphatic carbocycles. The van der Waals surface area contributed by atoms with Crippen LogP contribution in [-0.2, 0) is 9.53 Å². The lowest BCUT2D eigenvalue weighted by Gasteiger charge is -2.35. The van der Waals surface area contributed by atoms with Gasteiger partial charge in [-0.3, -0.25) is 9.69 Å². The van der Waals surface area contributed by atoms with Crippen molar-refractivity contribution in [3.63, 3.8) is 0 Å². The highest BCUT2D eigenvalue weighted by Crippen LogP contribution is 2.25. The second kappa shape index (κ2) is 8.84. The largest absolute Gasteiger partial charge is 0.493 e. The van der Waals surface area contributed by atoms with Crippen molar-refractivity contribution < 1.29 is 19.1 Å². The summed E-state index contributed by atoms with van der Waals surface area (Å²) in [5.41, 5.74) is -0.551. The SMILES string of the molecule is CC(C)(C)OC(=O)N1CCCC1C(=O)N1CCC(COc2ccccc2)CC1. The number of carbonyl (C=O) groups is 2. The van der Waals surface area contributed by atoms with E-state index in [1.54, 1.807) is 4.90 Å². The molecule has 0 radical (unpaired) electrons. The van der Waals surface area contributed by atoms with E-state index in [-0.39, 0.29) is 18.0 Å². The molecule has 1 aromatic rings. The maximum absolute atomic E-state index is 13.0. The predicted molar refractivity (Wildman–Crippen MR) is 107 cm³/mol. The van der Waals surface area contributed by atoms with Crippen LogP contribution in [0.5, 0.6) is 5.75 Å². The molecule has 2 amide bonds. The van der Waals surface area contributed by atoms with Crippen LogP contribution in [0.1, 0.15) is 46.5 Å². The van der Waals surface area contributed by atoms with Gasteiger partial charge in [0.05, 0.1) is 6.61 Å². The number of nitrogens with zero attached hydrogens (tertiary/aromatic N) is 2. The second-order valence-corrected chi connectivity index (χ2v) is 8.72. The van der Waals surface area contributed by atoms with Crippen LogP contribution in [0.3, 0.4) is 0 Å². The Morgan fingerprint density at radius 1 is 1.04 bits per heavy atom. The molecule has 1 atom stereocenters. The first-order valence-corrected chi connectivity index (χ1v) is 10.3. The molecule has 0 bridgehead atoms. The number of benzene rings is 1. The van der Waals surface area contributed by atoms with Gasteiger partial charge in [0.1, 0.15) is 17.4 Å². The highest BCUT2D eigenvalue weighted by Gasteiger charge is 2.39. The summed E-state index contributed by atoms with van der Waals surface area (Å²) < 4.78 is 11.3. The number of hydrogen-bond acceptors (Lipinski definition) is 4. The number of carbonyl (C=O) groups excluding carboxylic acids is 2. The fraction of sp³-hybridized carbons (Fsp3) is 0.636. The number of ether oxygens (including phenoxy) is 2. The number of hydrogen-bond donors (Lipinski definition) is 0. The standard InChI is InChI=1S/C22H32N2O4/c1-22(2,3)28-21(26)24-13-7-10-19(24)20(25)23-14-11-17(12-15-23)16-27-18-8-5-4-6-9-18/h4-6,8-9,17,19H,7,10-16H2,1-3H3. The van der Waals surface area contributed by atoms with Gasteiger partial charge in [-0.25, -0.2) is 4.79 Å². The van der Waals surface area contributed by atoms with E-state index < -0.39 is 5.60 Å². The van der Waals surface area contributed by atoms with E-state index in [4.69, 9.17) is 9.47 Å². The molecule has 6 nitrogen and oxygen atoms in total. The molecule has 0 aromatic heterocycles. The highest BCUT2D eigenvalue weighted by atomic mass is 16.6. The van der Waals surface area contributed by atoms with Crippen LogP contribution in [0.2, 0.25) is 0 Å². The fourth-order valence-electron chi connectivity index (χ4n) is 3.82. The Labute approximate surface area is 167 Å². The van der Waals surface area contributed by atoms with E-state index in [9.17, 15) is 9.59 Å². The van der Waals surface area contributed by atoms with Crippen molar-refractivity contribution in [2.45, 2.75) is 58.1 Å². The van der Waals surface area contributed by atoms with Crippen molar-refractivity contribution in [2.24, 2.45) is 5.92 Å². The van der Waals surface area contributed by atoms with Crippen molar-refractivity contribution in [2.75, 3.05) is 26.2 Å². The first-order valence-electron chi connectivity index (χ1n) is 10.3. The Kier molecular flexibility index (Phi) is 6.47. The van der Waals surface area contributed by atoms with Gasteiger partial charge in [0.15, 0.2) is 0 Å². The summed E-state index contributed by atoms with van der Waals surface area (Å²) in [6.45, 7) is 8.26. The lowest BCUT2D eigenvalue weighted by atomic mass is 9.97. The zero-order valence-corrected chi connectivity index (χ0v) is 17.2. The van der Waals surface area contributed by atoms with Gasteiger partial charge in [0.25, 0.3) is 0 Å². The van der Waals surface area contributed by atoms with Gasteiger partial charge >= 0.3 is 6.09 Å². The van der Waals surface area contributed by atoms with Crippen molar-refractivity contribution in [1.29, 1.82) is 0 Å². The second-order valence-electron chi connectivity index (χ2n) is 8.72. The topological polar surface area (TPSA) is 59.1 Å². The first-order chi connectivity index (χ1) is 13.3. The van der Waals surface area contributed by atoms with E-state index in [0.717, 1.165) is 44.5 Å². The molecule has 6 heteroatoms. The highest BCUT2D eigenvalue weighted by molar-refractivity contribution is 5.86. The molecule has 0 N–H and O–H groups in total. The van der Waals surface area contributed by atoms with E-state index in [2.05, 4.69) is 0 Å². The Hall–Kier alpha value is -2.24. The molecule has 0 saturated carbocycles. The number of likely N-dealkylation sites (tertiary alicyclic amines) is 2. The van der Waals surface area contributed by atoms with E-state index in [0.29, 0.717) is 19.1 Å². The fourth-order valence-corrected chi connectivity index (χ4v) is 3.82. The Balaban J connectivity index is 1.48. The molecule has 1 aromatic carbocycles. The zero-order chi connectivity index (χ0) is 20.1. The molecule has 2 heterocycles. The maximum Gasteiger partial charge on any atom is 0.410 e. The molecule has 1 unspecified atom stereocenters. The molecule has 2 aliphatic heterocycles. The summed E-state index contributed by atoms with van der Waals surface area (Å²) in [7, 11) is 0. The van der Waals surface area contributed by atoms with Gasteiger partial charge in [0.2, 0.25) is 5.91 Å². The third-order valence-corrected chi connectivity index (χ3v) is 5.32. The number of piperidine rings is 1. The molecule has 2 aliphatic rings. The summed E-state index contributed by atoms with van der Waals surface area (Å²) in [6.07, 6.45) is 3.04. The number of amides is 2. The minimum Gasteiger partial charge on any atom is -0.493 e. The van der Waals surface area contributed by atoms with Gasteiger partial charge in [0, 0.05) is 19.6 Å². The van der Waals surface area contributed by atoms with Gasteiger partial charge in [-0.1, -0.05) is 18.2 Å². The Morgan fingerprint density at radius 3 is 2.36 bits per heavy atom. The molecular formula is C22H32N2O4. The maximum atomic E-state index is 13.0. The Morgan fingerprint density at radius 2 is 1.71 bits per heavy atom. The van der Waals surface area contributed by atoms with Crippen molar-refractivity contribution >= 4 is 12.0 Å². The smallest absolute Gasteiger partial charge is 0.410 e. The molecular weight excluding hydrogens is 356 g/mol. The summed E-state index contributed by atoms with van der Waals surface area (Å²) >= 11 is 0. The van der Waals surface area contributed by atoms with Gasteiger partial charge < -0.3 is 14.4 Å². The molecule has 28 heavy (non-hydrogen) atoms.